The molecule has 3 rings (SSSR count). The van der Waals surface area contributed by atoms with Crippen molar-refractivity contribution in [2.75, 3.05) is 13.7 Å². The minimum atomic E-state index is 0.0393. The van der Waals surface area contributed by atoms with Gasteiger partial charge in [-0.2, -0.15) is 0 Å². The van der Waals surface area contributed by atoms with Gasteiger partial charge in [0.05, 0.1) is 18.9 Å². The van der Waals surface area contributed by atoms with Gasteiger partial charge in [0, 0.05) is 22.0 Å². The fourth-order valence-electron chi connectivity index (χ4n) is 2.50. The van der Waals surface area contributed by atoms with E-state index in [9.17, 15) is 0 Å². The molecule has 5 heteroatoms. The lowest BCUT2D eigenvalue weighted by atomic mass is 9.98. The minimum Gasteiger partial charge on any atom is -0.493 e. The van der Waals surface area contributed by atoms with Crippen LogP contribution in [-0.2, 0) is 6.42 Å². The van der Waals surface area contributed by atoms with Crippen LogP contribution >= 0.6 is 31.9 Å². The minimum absolute atomic E-state index is 0.0393. The molecule has 1 aliphatic heterocycles. The Labute approximate surface area is 128 Å². The van der Waals surface area contributed by atoms with Crippen molar-refractivity contribution in [3.63, 3.8) is 0 Å². The van der Waals surface area contributed by atoms with Gasteiger partial charge in [-0.05, 0) is 46.7 Å². The maximum atomic E-state index is 5.80. The summed E-state index contributed by atoms with van der Waals surface area (Å²) >= 11 is 7.02. The van der Waals surface area contributed by atoms with Crippen molar-refractivity contribution < 1.29 is 9.15 Å². The summed E-state index contributed by atoms with van der Waals surface area (Å²) in [6, 6.07) is 6.23. The van der Waals surface area contributed by atoms with Crippen molar-refractivity contribution in [1.82, 2.24) is 5.32 Å². The Hall–Kier alpha value is -0.780. The van der Waals surface area contributed by atoms with Crippen LogP contribution < -0.4 is 10.1 Å². The zero-order chi connectivity index (χ0) is 13.4. The van der Waals surface area contributed by atoms with Gasteiger partial charge in [-0.3, -0.25) is 0 Å². The summed E-state index contributed by atoms with van der Waals surface area (Å²) in [6.45, 7) is 0.752. The number of furan rings is 1. The van der Waals surface area contributed by atoms with Crippen LogP contribution in [-0.4, -0.2) is 13.7 Å². The molecule has 1 aromatic carbocycles. The first kappa shape index (κ1) is 13.2. The zero-order valence-electron chi connectivity index (χ0n) is 10.4. The van der Waals surface area contributed by atoms with Crippen LogP contribution in [0, 0.1) is 0 Å². The van der Waals surface area contributed by atoms with Gasteiger partial charge in [-0.1, -0.05) is 15.9 Å². The molecule has 0 radical (unpaired) electrons. The molecular weight excluding hydrogens is 374 g/mol. The third kappa shape index (κ3) is 2.35. The Morgan fingerprint density at radius 1 is 1.26 bits per heavy atom. The van der Waals surface area contributed by atoms with Gasteiger partial charge in [0.25, 0.3) is 0 Å². The standard InChI is InChI=1S/C14H13Br2NO2/c1-17-12(10-3-5-19-14(10)16)11-7-9(15)6-8-2-4-18-13(8)11/h3,5-7,12,17H,2,4H2,1H3. The maximum absolute atomic E-state index is 5.80. The van der Waals surface area contributed by atoms with Crippen LogP contribution in [0.3, 0.4) is 0 Å². The lowest BCUT2D eigenvalue weighted by Crippen LogP contribution is -2.18. The summed E-state index contributed by atoms with van der Waals surface area (Å²) in [4.78, 5) is 0. The predicted octanol–water partition coefficient (Wildman–Crippen LogP) is 4.05. The summed E-state index contributed by atoms with van der Waals surface area (Å²) in [5.41, 5.74) is 3.45. The number of benzene rings is 1. The molecule has 2 aromatic rings. The number of fused-ring (bicyclic) bond motifs is 1. The van der Waals surface area contributed by atoms with Crippen LogP contribution in [0.15, 0.2) is 38.0 Å². The van der Waals surface area contributed by atoms with Gasteiger partial charge in [0.1, 0.15) is 5.75 Å². The van der Waals surface area contributed by atoms with Crippen LogP contribution in [0.1, 0.15) is 22.7 Å². The SMILES string of the molecule is CNC(c1ccoc1Br)c1cc(Br)cc2c1OCC2. The quantitative estimate of drug-likeness (QED) is 0.864. The van der Waals surface area contributed by atoms with E-state index in [2.05, 4.69) is 49.3 Å². The average molecular weight is 387 g/mol. The number of hydrogen-bond acceptors (Lipinski definition) is 3. The highest BCUT2D eigenvalue weighted by Crippen LogP contribution is 2.40. The third-order valence-electron chi connectivity index (χ3n) is 3.33. The number of halogens is 2. The van der Waals surface area contributed by atoms with Gasteiger partial charge in [0.2, 0.25) is 0 Å². The first-order valence-corrected chi connectivity index (χ1v) is 7.64. The molecule has 1 aromatic heterocycles. The Kier molecular flexibility index (Phi) is 3.69. The topological polar surface area (TPSA) is 34.4 Å². The first-order valence-electron chi connectivity index (χ1n) is 6.06. The van der Waals surface area contributed by atoms with Crippen molar-refractivity contribution in [2.45, 2.75) is 12.5 Å². The summed E-state index contributed by atoms with van der Waals surface area (Å²) in [7, 11) is 1.94. The fourth-order valence-corrected chi connectivity index (χ4v) is 3.49. The van der Waals surface area contributed by atoms with Crippen molar-refractivity contribution in [3.05, 3.63) is 50.3 Å². The lowest BCUT2D eigenvalue weighted by Gasteiger charge is -2.19. The van der Waals surface area contributed by atoms with Crippen molar-refractivity contribution in [3.8, 4) is 5.75 Å². The summed E-state index contributed by atoms with van der Waals surface area (Å²) in [6.07, 6.45) is 2.65. The van der Waals surface area contributed by atoms with E-state index >= 15 is 0 Å². The van der Waals surface area contributed by atoms with Crippen LogP contribution in [0.2, 0.25) is 0 Å². The summed E-state index contributed by atoms with van der Waals surface area (Å²) < 4.78 is 13.0. The highest BCUT2D eigenvalue weighted by molar-refractivity contribution is 9.10. The second-order valence-corrected chi connectivity index (χ2v) is 6.09. The highest BCUT2D eigenvalue weighted by Gasteiger charge is 2.25. The van der Waals surface area contributed by atoms with Crippen LogP contribution in [0.5, 0.6) is 5.75 Å². The van der Waals surface area contributed by atoms with Gasteiger partial charge in [0.15, 0.2) is 4.67 Å². The van der Waals surface area contributed by atoms with Gasteiger partial charge in [-0.25, -0.2) is 0 Å². The van der Waals surface area contributed by atoms with E-state index < -0.39 is 0 Å². The van der Waals surface area contributed by atoms with E-state index in [0.717, 1.165) is 39.0 Å². The van der Waals surface area contributed by atoms with E-state index in [4.69, 9.17) is 9.15 Å². The lowest BCUT2D eigenvalue weighted by molar-refractivity contribution is 0.351. The van der Waals surface area contributed by atoms with Gasteiger partial charge in [-0.15, -0.1) is 0 Å². The normalized spacial score (nSPS) is 15.1. The van der Waals surface area contributed by atoms with Crippen LogP contribution in [0.25, 0.3) is 0 Å². The molecule has 1 aliphatic rings. The van der Waals surface area contributed by atoms with E-state index in [1.54, 1.807) is 6.26 Å². The van der Waals surface area contributed by atoms with Gasteiger partial charge >= 0.3 is 0 Å². The van der Waals surface area contributed by atoms with E-state index in [-0.39, 0.29) is 6.04 Å². The molecule has 0 bridgehead atoms. The number of hydrogen-bond donors (Lipinski definition) is 1. The Morgan fingerprint density at radius 2 is 2.11 bits per heavy atom. The molecule has 0 aliphatic carbocycles. The number of nitrogens with one attached hydrogen (secondary N) is 1. The number of ether oxygens (including phenoxy) is 1. The largest absolute Gasteiger partial charge is 0.493 e. The summed E-state index contributed by atoms with van der Waals surface area (Å²) in [5, 5.41) is 3.33. The highest BCUT2D eigenvalue weighted by atomic mass is 79.9. The molecule has 3 nitrogen and oxygen atoms in total. The smallest absolute Gasteiger partial charge is 0.174 e. The molecule has 0 spiro atoms. The molecule has 0 saturated heterocycles. The van der Waals surface area contributed by atoms with E-state index in [0.29, 0.717) is 0 Å². The molecule has 19 heavy (non-hydrogen) atoms. The molecule has 2 heterocycles. The molecule has 1 unspecified atom stereocenters. The third-order valence-corrected chi connectivity index (χ3v) is 4.44. The Balaban J connectivity index is 2.12. The Morgan fingerprint density at radius 3 is 2.79 bits per heavy atom. The first-order chi connectivity index (χ1) is 9.20. The fraction of sp³-hybridized carbons (Fsp3) is 0.286. The molecular formula is C14H13Br2NO2. The molecule has 100 valence electrons. The van der Waals surface area contributed by atoms with E-state index in [1.165, 1.54) is 5.56 Å². The maximum Gasteiger partial charge on any atom is 0.174 e. The second kappa shape index (κ2) is 5.31. The van der Waals surface area contributed by atoms with Crippen molar-refractivity contribution >= 4 is 31.9 Å². The molecule has 1 N–H and O–H groups in total. The monoisotopic (exact) mass is 385 g/mol. The summed E-state index contributed by atoms with van der Waals surface area (Å²) in [5.74, 6) is 0.996. The molecule has 1 atom stereocenters. The van der Waals surface area contributed by atoms with Gasteiger partial charge < -0.3 is 14.5 Å². The van der Waals surface area contributed by atoms with Crippen LogP contribution in [0.4, 0.5) is 0 Å². The van der Waals surface area contributed by atoms with Crippen molar-refractivity contribution in [1.29, 1.82) is 0 Å². The second-order valence-electron chi connectivity index (χ2n) is 4.45. The molecule has 0 amide bonds. The molecule has 0 saturated carbocycles. The van der Waals surface area contributed by atoms with E-state index in [1.807, 2.05) is 13.1 Å². The molecule has 0 fully saturated rings. The number of rotatable bonds is 3. The zero-order valence-corrected chi connectivity index (χ0v) is 13.5. The average Bonchev–Trinajstić information content (AvgIpc) is 2.99. The Bertz CT molecular complexity index is 609. The predicted molar refractivity (Wildman–Crippen MR) is 80.7 cm³/mol. The van der Waals surface area contributed by atoms with Crippen molar-refractivity contribution in [2.24, 2.45) is 0 Å².